The van der Waals surface area contributed by atoms with Gasteiger partial charge in [-0.25, -0.2) is 9.37 Å². The van der Waals surface area contributed by atoms with Gasteiger partial charge < -0.3 is 11.1 Å². The molecule has 0 aliphatic carbocycles. The van der Waals surface area contributed by atoms with Gasteiger partial charge in [0, 0.05) is 19.2 Å². The number of hydrogen-bond acceptors (Lipinski definition) is 5. The van der Waals surface area contributed by atoms with Crippen molar-refractivity contribution in [3.63, 3.8) is 0 Å². The Labute approximate surface area is 149 Å². The molecule has 2 heterocycles. The van der Waals surface area contributed by atoms with Gasteiger partial charge >= 0.3 is 0 Å². The van der Waals surface area contributed by atoms with Crippen LogP contribution in [0.25, 0.3) is 22.3 Å². The number of halogens is 1. The highest BCUT2D eigenvalue weighted by atomic mass is 19.1. The molecule has 26 heavy (non-hydrogen) atoms. The summed E-state index contributed by atoms with van der Waals surface area (Å²) in [5.41, 5.74) is 8.88. The Kier molecular flexibility index (Phi) is 3.96. The summed E-state index contributed by atoms with van der Waals surface area (Å²) in [6.07, 6.45) is 0. The molecule has 0 aliphatic heterocycles. The largest absolute Gasteiger partial charge is 0.383 e. The molecule has 0 aliphatic rings. The summed E-state index contributed by atoms with van der Waals surface area (Å²) < 4.78 is 15.3. The molecular formula is C19H17FN6. The maximum atomic E-state index is 13.7. The first-order valence-corrected chi connectivity index (χ1v) is 8.16. The van der Waals surface area contributed by atoms with Crippen LogP contribution >= 0.6 is 0 Å². The number of aromatic nitrogens is 4. The third-order valence-electron chi connectivity index (χ3n) is 4.13. The molecule has 4 rings (SSSR count). The lowest BCUT2D eigenvalue weighted by atomic mass is 10.1. The first-order valence-electron chi connectivity index (χ1n) is 8.16. The zero-order chi connectivity index (χ0) is 18.1. The molecule has 2 aromatic heterocycles. The number of nitrogens with one attached hydrogen (secondary N) is 1. The van der Waals surface area contributed by atoms with Crippen LogP contribution < -0.4 is 11.1 Å². The van der Waals surface area contributed by atoms with Gasteiger partial charge in [0.15, 0.2) is 5.65 Å². The van der Waals surface area contributed by atoms with Crippen molar-refractivity contribution in [2.45, 2.75) is 6.54 Å². The zero-order valence-electron chi connectivity index (χ0n) is 14.1. The summed E-state index contributed by atoms with van der Waals surface area (Å²) in [6.45, 7) is 0.567. The Morgan fingerprint density at radius 1 is 1.08 bits per heavy atom. The van der Waals surface area contributed by atoms with Gasteiger partial charge in [0.05, 0.1) is 11.1 Å². The zero-order valence-corrected chi connectivity index (χ0v) is 14.1. The van der Waals surface area contributed by atoms with E-state index < -0.39 is 0 Å². The summed E-state index contributed by atoms with van der Waals surface area (Å²) >= 11 is 0. The van der Waals surface area contributed by atoms with E-state index in [0.717, 1.165) is 5.56 Å². The minimum absolute atomic E-state index is 0.337. The number of anilines is 2. The predicted molar refractivity (Wildman–Crippen MR) is 99.9 cm³/mol. The van der Waals surface area contributed by atoms with Gasteiger partial charge in [-0.05, 0) is 17.7 Å². The molecule has 3 N–H and O–H groups in total. The second-order valence-corrected chi connectivity index (χ2v) is 5.95. The fourth-order valence-corrected chi connectivity index (χ4v) is 2.82. The molecule has 0 saturated heterocycles. The Morgan fingerprint density at radius 2 is 1.88 bits per heavy atom. The number of fused-ring (bicyclic) bond motifs is 1. The number of benzene rings is 2. The highest BCUT2D eigenvalue weighted by Gasteiger charge is 2.17. The minimum Gasteiger partial charge on any atom is -0.383 e. The molecule has 0 spiro atoms. The van der Waals surface area contributed by atoms with E-state index in [1.54, 1.807) is 23.9 Å². The average Bonchev–Trinajstić information content (AvgIpc) is 2.94. The van der Waals surface area contributed by atoms with Crippen molar-refractivity contribution >= 4 is 22.8 Å². The van der Waals surface area contributed by atoms with Crippen molar-refractivity contribution in [1.29, 1.82) is 0 Å². The van der Waals surface area contributed by atoms with Crippen LogP contribution in [-0.4, -0.2) is 19.7 Å². The van der Waals surface area contributed by atoms with Crippen LogP contribution in [0.4, 0.5) is 16.2 Å². The molecule has 0 amide bonds. The molecule has 0 bridgehead atoms. The SMILES string of the molecule is Cn1nc2nc(NCc3ccccc3)nc(-c3cccc(F)c3)c2c1N. The summed E-state index contributed by atoms with van der Waals surface area (Å²) in [4.78, 5) is 9.03. The predicted octanol–water partition coefficient (Wildman–Crippen LogP) is 3.36. The van der Waals surface area contributed by atoms with Gasteiger partial charge in [0.1, 0.15) is 11.6 Å². The van der Waals surface area contributed by atoms with Crippen LogP contribution in [0.2, 0.25) is 0 Å². The quantitative estimate of drug-likeness (QED) is 0.591. The Balaban J connectivity index is 1.80. The van der Waals surface area contributed by atoms with Gasteiger partial charge in [-0.1, -0.05) is 42.5 Å². The topological polar surface area (TPSA) is 81.7 Å². The summed E-state index contributed by atoms with van der Waals surface area (Å²) in [5, 5.41) is 8.16. The van der Waals surface area contributed by atoms with Crippen LogP contribution in [0, 0.1) is 5.82 Å². The molecule has 0 radical (unpaired) electrons. The van der Waals surface area contributed by atoms with Crippen LogP contribution in [-0.2, 0) is 13.6 Å². The number of rotatable bonds is 4. The first-order chi connectivity index (χ1) is 12.6. The smallest absolute Gasteiger partial charge is 0.225 e. The average molecular weight is 348 g/mol. The van der Waals surface area contributed by atoms with E-state index in [1.165, 1.54) is 12.1 Å². The lowest BCUT2D eigenvalue weighted by molar-refractivity contribution is 0.628. The molecule has 130 valence electrons. The van der Waals surface area contributed by atoms with Crippen molar-refractivity contribution in [3.05, 3.63) is 66.0 Å². The summed E-state index contributed by atoms with van der Waals surface area (Å²) in [6, 6.07) is 16.2. The van der Waals surface area contributed by atoms with Gasteiger partial charge in [-0.2, -0.15) is 10.1 Å². The molecule has 6 nitrogen and oxygen atoms in total. The summed E-state index contributed by atoms with van der Waals surface area (Å²) in [5.74, 6) is 0.517. The molecule has 0 unspecified atom stereocenters. The number of nitrogen functional groups attached to an aromatic ring is 1. The lowest BCUT2D eigenvalue weighted by Gasteiger charge is -2.09. The molecule has 4 aromatic rings. The van der Waals surface area contributed by atoms with Crippen molar-refractivity contribution in [1.82, 2.24) is 19.7 Å². The van der Waals surface area contributed by atoms with Crippen LogP contribution in [0.15, 0.2) is 54.6 Å². The number of hydrogen-bond donors (Lipinski definition) is 2. The maximum Gasteiger partial charge on any atom is 0.225 e. The number of nitrogens with two attached hydrogens (primary N) is 1. The monoisotopic (exact) mass is 348 g/mol. The van der Waals surface area contributed by atoms with Crippen LogP contribution in [0.5, 0.6) is 0 Å². The first kappa shape index (κ1) is 16.0. The van der Waals surface area contributed by atoms with Gasteiger partial charge in [0.2, 0.25) is 5.95 Å². The van der Waals surface area contributed by atoms with E-state index in [0.29, 0.717) is 40.6 Å². The fourth-order valence-electron chi connectivity index (χ4n) is 2.82. The third kappa shape index (κ3) is 2.95. The molecular weight excluding hydrogens is 331 g/mol. The van der Waals surface area contributed by atoms with Crippen LogP contribution in [0.3, 0.4) is 0 Å². The maximum absolute atomic E-state index is 13.7. The van der Waals surface area contributed by atoms with Crippen molar-refractivity contribution in [3.8, 4) is 11.3 Å². The molecule has 2 aromatic carbocycles. The van der Waals surface area contributed by atoms with E-state index in [9.17, 15) is 4.39 Å². The normalized spacial score (nSPS) is 11.0. The van der Waals surface area contributed by atoms with Gasteiger partial charge in [-0.3, -0.25) is 4.68 Å². The number of nitrogens with zero attached hydrogens (tertiary/aromatic N) is 4. The Hall–Kier alpha value is -3.48. The minimum atomic E-state index is -0.337. The van der Waals surface area contributed by atoms with Gasteiger partial charge in [-0.15, -0.1) is 0 Å². The molecule has 0 atom stereocenters. The second-order valence-electron chi connectivity index (χ2n) is 5.95. The lowest BCUT2D eigenvalue weighted by Crippen LogP contribution is -2.05. The van der Waals surface area contributed by atoms with E-state index in [1.807, 2.05) is 30.3 Å². The van der Waals surface area contributed by atoms with E-state index >= 15 is 0 Å². The molecule has 0 fully saturated rings. The van der Waals surface area contributed by atoms with Crippen molar-refractivity contribution in [2.75, 3.05) is 11.1 Å². The Morgan fingerprint density at radius 3 is 2.65 bits per heavy atom. The molecule has 0 saturated carbocycles. The highest BCUT2D eigenvalue weighted by Crippen LogP contribution is 2.31. The second kappa shape index (κ2) is 6.44. The van der Waals surface area contributed by atoms with Crippen LogP contribution in [0.1, 0.15) is 5.56 Å². The fraction of sp³-hybridized carbons (Fsp3) is 0.105. The number of aryl methyl sites for hydroxylation is 1. The van der Waals surface area contributed by atoms with Crippen molar-refractivity contribution < 1.29 is 4.39 Å². The Bertz CT molecular complexity index is 1070. The van der Waals surface area contributed by atoms with E-state index in [-0.39, 0.29) is 5.82 Å². The summed E-state index contributed by atoms with van der Waals surface area (Å²) in [7, 11) is 1.74. The standard InChI is InChI=1S/C19H17FN6/c1-26-17(21)15-16(13-8-5-9-14(20)10-13)23-19(24-18(15)25-26)22-11-12-6-3-2-4-7-12/h2-10H,11,21H2,1H3,(H,22,24,25). The van der Waals surface area contributed by atoms with Gasteiger partial charge in [0.25, 0.3) is 0 Å². The van der Waals surface area contributed by atoms with E-state index in [4.69, 9.17) is 5.73 Å². The third-order valence-corrected chi connectivity index (χ3v) is 4.13. The van der Waals surface area contributed by atoms with Crippen molar-refractivity contribution in [2.24, 2.45) is 7.05 Å². The van der Waals surface area contributed by atoms with E-state index in [2.05, 4.69) is 20.4 Å². The molecule has 7 heteroatoms. The highest BCUT2D eigenvalue weighted by molar-refractivity contribution is 5.98.